The summed E-state index contributed by atoms with van der Waals surface area (Å²) in [6.45, 7) is 3.12. The average Bonchev–Trinajstić information content (AvgIpc) is 3.09. The largest absolute Gasteiger partial charge is 0.249 e. The van der Waals surface area contributed by atoms with E-state index >= 15 is 0 Å². The Labute approximate surface area is 148 Å². The summed E-state index contributed by atoms with van der Waals surface area (Å²) < 4.78 is 27.2. The van der Waals surface area contributed by atoms with Gasteiger partial charge in [-0.25, -0.2) is 13.1 Å². The normalized spacial score (nSPS) is 22.1. The van der Waals surface area contributed by atoms with E-state index < -0.39 is 10.0 Å². The fraction of sp³-hybridized carbons (Fsp3) is 0.500. The zero-order valence-corrected chi connectivity index (χ0v) is 15.5. The number of nitrogens with zero attached hydrogens (tertiary/aromatic N) is 4. The van der Waals surface area contributed by atoms with Gasteiger partial charge in [-0.05, 0) is 19.8 Å². The number of aromatic nitrogens is 3. The number of aryl methyl sites for hydroxylation is 1. The van der Waals surface area contributed by atoms with E-state index in [4.69, 9.17) is 0 Å². The van der Waals surface area contributed by atoms with E-state index in [1.165, 1.54) is 6.26 Å². The summed E-state index contributed by atoms with van der Waals surface area (Å²) in [5.41, 5.74) is 2.90. The summed E-state index contributed by atoms with van der Waals surface area (Å²) in [5, 5.41) is 8.62. The topological polar surface area (TPSA) is 68.1 Å². The molecule has 0 saturated carbocycles. The van der Waals surface area contributed by atoms with Crippen LogP contribution >= 0.6 is 12.6 Å². The molecule has 130 valence electrons. The fourth-order valence-electron chi connectivity index (χ4n) is 3.24. The Hall–Kier alpha value is -1.38. The molecular weight excluding hydrogens is 344 g/mol. The van der Waals surface area contributed by atoms with Gasteiger partial charge in [-0.2, -0.15) is 16.9 Å². The number of hydrogen-bond donors (Lipinski definition) is 1. The molecule has 1 saturated heterocycles. The summed E-state index contributed by atoms with van der Waals surface area (Å²) in [4.78, 5) is 0. The molecule has 0 aliphatic carbocycles. The maximum atomic E-state index is 11.9. The van der Waals surface area contributed by atoms with Crippen LogP contribution in [0.4, 0.5) is 0 Å². The van der Waals surface area contributed by atoms with Crippen molar-refractivity contribution >= 4 is 22.7 Å². The molecule has 2 heterocycles. The highest BCUT2D eigenvalue weighted by Crippen LogP contribution is 2.27. The standard InChI is InChI=1S/C16H22N4O2S2/c1-12-16(13-6-4-3-5-7-13)17-18-19(12)9-8-14-10-15(23)11-20(14)24(2,21)22/h3-7,14-15,23H,8-11H2,1-2H3/t14-,15+/m0/s1. The van der Waals surface area contributed by atoms with Gasteiger partial charge in [0.1, 0.15) is 5.69 Å². The molecule has 3 rings (SSSR count). The zero-order chi connectivity index (χ0) is 17.3. The van der Waals surface area contributed by atoms with E-state index in [9.17, 15) is 8.42 Å². The number of rotatable bonds is 5. The van der Waals surface area contributed by atoms with Crippen LogP contribution < -0.4 is 0 Å². The molecule has 1 aromatic carbocycles. The van der Waals surface area contributed by atoms with Crippen LogP contribution in [-0.4, -0.2) is 51.8 Å². The molecule has 6 nitrogen and oxygen atoms in total. The monoisotopic (exact) mass is 366 g/mol. The van der Waals surface area contributed by atoms with E-state index in [0.717, 1.165) is 23.4 Å². The van der Waals surface area contributed by atoms with Gasteiger partial charge in [0.2, 0.25) is 10.0 Å². The third-order valence-electron chi connectivity index (χ3n) is 4.47. The average molecular weight is 367 g/mol. The van der Waals surface area contributed by atoms with Crippen LogP contribution in [0.2, 0.25) is 0 Å². The quantitative estimate of drug-likeness (QED) is 0.822. The molecule has 0 amide bonds. The second-order valence-corrected chi connectivity index (χ2v) is 8.94. The highest BCUT2D eigenvalue weighted by molar-refractivity contribution is 7.88. The number of sulfonamides is 1. The molecule has 24 heavy (non-hydrogen) atoms. The van der Waals surface area contributed by atoms with Crippen molar-refractivity contribution in [2.24, 2.45) is 0 Å². The van der Waals surface area contributed by atoms with Crippen LogP contribution in [0.15, 0.2) is 30.3 Å². The first-order valence-electron chi connectivity index (χ1n) is 7.96. The van der Waals surface area contributed by atoms with Crippen molar-refractivity contribution in [1.82, 2.24) is 19.3 Å². The molecule has 0 unspecified atom stereocenters. The van der Waals surface area contributed by atoms with Gasteiger partial charge < -0.3 is 0 Å². The summed E-state index contributed by atoms with van der Waals surface area (Å²) in [6.07, 6.45) is 2.75. The Balaban J connectivity index is 1.73. The van der Waals surface area contributed by atoms with Crippen molar-refractivity contribution in [2.75, 3.05) is 12.8 Å². The van der Waals surface area contributed by atoms with Gasteiger partial charge in [0.05, 0.1) is 11.9 Å². The van der Waals surface area contributed by atoms with E-state index in [1.807, 2.05) is 41.9 Å². The van der Waals surface area contributed by atoms with Gasteiger partial charge in [0.25, 0.3) is 0 Å². The Morgan fingerprint density at radius 2 is 2.00 bits per heavy atom. The van der Waals surface area contributed by atoms with E-state index in [-0.39, 0.29) is 11.3 Å². The van der Waals surface area contributed by atoms with E-state index in [1.54, 1.807) is 4.31 Å². The Morgan fingerprint density at radius 1 is 1.29 bits per heavy atom. The summed E-state index contributed by atoms with van der Waals surface area (Å²) >= 11 is 4.45. The van der Waals surface area contributed by atoms with Crippen molar-refractivity contribution < 1.29 is 8.42 Å². The second kappa shape index (κ2) is 6.85. The fourth-order valence-corrected chi connectivity index (χ4v) is 4.95. The SMILES string of the molecule is Cc1c(-c2ccccc2)nnn1CC[C@H]1C[C@@H](S)CN1S(C)(=O)=O. The molecule has 1 aromatic heterocycles. The van der Waals surface area contributed by atoms with E-state index in [0.29, 0.717) is 19.5 Å². The lowest BCUT2D eigenvalue weighted by molar-refractivity contribution is 0.349. The molecule has 8 heteroatoms. The van der Waals surface area contributed by atoms with Crippen LogP contribution in [-0.2, 0) is 16.6 Å². The maximum absolute atomic E-state index is 11.9. The Morgan fingerprint density at radius 3 is 2.67 bits per heavy atom. The lowest BCUT2D eigenvalue weighted by atomic mass is 10.1. The molecule has 2 aromatic rings. The summed E-state index contributed by atoms with van der Waals surface area (Å²) in [7, 11) is -3.20. The minimum Gasteiger partial charge on any atom is -0.249 e. The Bertz CT molecular complexity index is 805. The van der Waals surface area contributed by atoms with Crippen LogP contribution in [0.3, 0.4) is 0 Å². The van der Waals surface area contributed by atoms with Crippen LogP contribution in [0.25, 0.3) is 11.3 Å². The van der Waals surface area contributed by atoms with Crippen LogP contribution in [0, 0.1) is 6.92 Å². The van der Waals surface area contributed by atoms with Gasteiger partial charge in [0, 0.05) is 29.9 Å². The molecule has 0 bridgehead atoms. The predicted octanol–water partition coefficient (Wildman–Crippen LogP) is 1.98. The minimum absolute atomic E-state index is 0.0220. The molecule has 0 spiro atoms. The predicted molar refractivity (Wildman–Crippen MR) is 97.5 cm³/mol. The molecule has 0 N–H and O–H groups in total. The first kappa shape index (κ1) is 17.4. The number of hydrogen-bond acceptors (Lipinski definition) is 5. The summed E-state index contributed by atoms with van der Waals surface area (Å²) in [5.74, 6) is 0. The van der Waals surface area contributed by atoms with Crippen molar-refractivity contribution in [3.05, 3.63) is 36.0 Å². The molecule has 2 atom stereocenters. The lowest BCUT2D eigenvalue weighted by Gasteiger charge is -2.21. The van der Waals surface area contributed by atoms with Crippen molar-refractivity contribution in [2.45, 2.75) is 37.6 Å². The van der Waals surface area contributed by atoms with Gasteiger partial charge in [-0.15, -0.1) is 5.10 Å². The van der Waals surface area contributed by atoms with Crippen molar-refractivity contribution in [1.29, 1.82) is 0 Å². The van der Waals surface area contributed by atoms with Crippen LogP contribution in [0.5, 0.6) is 0 Å². The van der Waals surface area contributed by atoms with Gasteiger partial charge in [0.15, 0.2) is 0 Å². The lowest BCUT2D eigenvalue weighted by Crippen LogP contribution is -2.35. The maximum Gasteiger partial charge on any atom is 0.211 e. The third-order valence-corrected chi connectivity index (χ3v) is 6.15. The highest BCUT2D eigenvalue weighted by atomic mass is 32.2. The van der Waals surface area contributed by atoms with Crippen LogP contribution in [0.1, 0.15) is 18.5 Å². The van der Waals surface area contributed by atoms with Gasteiger partial charge in [-0.3, -0.25) is 0 Å². The number of thiol groups is 1. The van der Waals surface area contributed by atoms with E-state index in [2.05, 4.69) is 22.9 Å². The number of benzene rings is 1. The zero-order valence-electron chi connectivity index (χ0n) is 13.8. The molecule has 0 radical (unpaired) electrons. The van der Waals surface area contributed by atoms with Crippen molar-refractivity contribution in [3.8, 4) is 11.3 Å². The Kier molecular flexibility index (Phi) is 4.98. The molecule has 1 fully saturated rings. The highest BCUT2D eigenvalue weighted by Gasteiger charge is 2.35. The first-order valence-corrected chi connectivity index (χ1v) is 10.3. The second-order valence-electron chi connectivity index (χ2n) is 6.28. The first-order chi connectivity index (χ1) is 11.4. The van der Waals surface area contributed by atoms with Crippen molar-refractivity contribution in [3.63, 3.8) is 0 Å². The molecule has 1 aliphatic rings. The minimum atomic E-state index is -3.20. The summed E-state index contributed by atoms with van der Waals surface area (Å²) in [6, 6.07) is 9.92. The third kappa shape index (κ3) is 3.65. The van der Waals surface area contributed by atoms with Gasteiger partial charge >= 0.3 is 0 Å². The van der Waals surface area contributed by atoms with Gasteiger partial charge in [-0.1, -0.05) is 35.5 Å². The smallest absolute Gasteiger partial charge is 0.211 e. The molecular formula is C16H22N4O2S2. The molecule has 1 aliphatic heterocycles.